The van der Waals surface area contributed by atoms with E-state index in [1.807, 2.05) is 20.1 Å². The highest BCUT2D eigenvalue weighted by molar-refractivity contribution is 7.98. The number of nitrogens with zero attached hydrogens (tertiary/aromatic N) is 2. The number of aryl methyl sites for hydroxylation is 1. The van der Waals surface area contributed by atoms with Gasteiger partial charge in [-0.1, -0.05) is 0 Å². The number of thioether (sulfide) groups is 1. The highest BCUT2D eigenvalue weighted by Gasteiger charge is 2.86. The lowest BCUT2D eigenvalue weighted by atomic mass is 9.85. The van der Waals surface area contributed by atoms with Gasteiger partial charge >= 0.3 is 5.97 Å². The van der Waals surface area contributed by atoms with Gasteiger partial charge in [0.05, 0.1) is 23.9 Å². The Morgan fingerprint density at radius 1 is 1.26 bits per heavy atom. The first-order valence-corrected chi connectivity index (χ1v) is 15.4. The number of anilines is 2. The monoisotopic (exact) mass is 603 g/mol. The number of H-pyrrole nitrogens is 1. The number of aromatic amines is 1. The van der Waals surface area contributed by atoms with Gasteiger partial charge in [-0.2, -0.15) is 11.8 Å². The van der Waals surface area contributed by atoms with E-state index >= 15 is 0 Å². The van der Waals surface area contributed by atoms with Crippen LogP contribution in [-0.2, 0) is 19.9 Å². The lowest BCUT2D eigenvalue weighted by molar-refractivity contribution is -0.141. The van der Waals surface area contributed by atoms with Crippen LogP contribution in [0.2, 0.25) is 0 Å². The summed E-state index contributed by atoms with van der Waals surface area (Å²) in [6.45, 7) is 9.13. The number of rotatable bonds is 10. The molecule has 2 fully saturated rings. The molecule has 1 aromatic carbocycles. The molecule has 0 radical (unpaired) electrons. The zero-order valence-corrected chi connectivity index (χ0v) is 25.2. The fourth-order valence-electron chi connectivity index (χ4n) is 6.95. The van der Waals surface area contributed by atoms with Crippen LogP contribution in [0.25, 0.3) is 0 Å². The summed E-state index contributed by atoms with van der Waals surface area (Å²) in [5.41, 5.74) is -1.54. The molecule has 42 heavy (non-hydrogen) atoms. The smallest absolute Gasteiger partial charge is 0.333 e. The van der Waals surface area contributed by atoms with Crippen molar-refractivity contribution in [2.45, 2.75) is 63.5 Å². The number of β-amino-alcohol motifs (C(OH)–C–C–N with tert-alkyl or cyclic N) is 1. The van der Waals surface area contributed by atoms with Crippen LogP contribution in [0.5, 0.6) is 0 Å². The third-order valence-corrected chi connectivity index (χ3v) is 9.17. The minimum absolute atomic E-state index is 0.0217. The number of benzene rings is 1. The van der Waals surface area contributed by atoms with Gasteiger partial charge in [0.1, 0.15) is 11.6 Å². The molecule has 2 amide bonds. The van der Waals surface area contributed by atoms with Crippen LogP contribution in [0.4, 0.5) is 15.9 Å². The molecule has 1 spiro atoms. The normalized spacial score (nSPS) is 27.6. The third-order valence-electron chi connectivity index (χ3n) is 8.56. The van der Waals surface area contributed by atoms with E-state index in [4.69, 9.17) is 4.74 Å². The molecule has 2 aromatic rings. The molecule has 228 valence electrons. The predicted octanol–water partition coefficient (Wildman–Crippen LogP) is 2.21. The molecule has 1 aromatic heterocycles. The van der Waals surface area contributed by atoms with E-state index in [1.54, 1.807) is 13.8 Å². The fraction of sp³-hybridized carbons (Fsp3) is 0.552. The molecule has 3 aliphatic heterocycles. The average molecular weight is 604 g/mol. The maximum atomic E-state index is 14.5. The molecule has 3 aliphatic rings. The minimum Gasteiger partial charge on any atom is -0.479 e. The number of carboxylic acid groups (broad SMARTS) is 1. The van der Waals surface area contributed by atoms with Crippen LogP contribution in [0, 0.1) is 19.7 Å². The van der Waals surface area contributed by atoms with Gasteiger partial charge in [0.25, 0.3) is 11.8 Å². The van der Waals surface area contributed by atoms with Crippen molar-refractivity contribution in [3.8, 4) is 0 Å². The number of hydrogen-bond acceptors (Lipinski definition) is 8. The number of aliphatic hydroxyl groups excluding tert-OH is 1. The summed E-state index contributed by atoms with van der Waals surface area (Å²) in [7, 11) is 0. The van der Waals surface area contributed by atoms with E-state index in [0.717, 1.165) is 0 Å². The number of carbonyl (C=O) groups excluding carboxylic acids is 2. The van der Waals surface area contributed by atoms with Crippen molar-refractivity contribution in [3.63, 3.8) is 0 Å². The van der Waals surface area contributed by atoms with E-state index in [9.17, 15) is 29.0 Å². The lowest BCUT2D eigenvalue weighted by Gasteiger charge is -2.36. The van der Waals surface area contributed by atoms with E-state index in [0.29, 0.717) is 53.7 Å². The van der Waals surface area contributed by atoms with E-state index in [-0.39, 0.29) is 30.7 Å². The van der Waals surface area contributed by atoms with Crippen molar-refractivity contribution in [2.24, 2.45) is 0 Å². The van der Waals surface area contributed by atoms with Gasteiger partial charge < -0.3 is 35.5 Å². The highest BCUT2D eigenvalue weighted by Crippen LogP contribution is 2.67. The largest absolute Gasteiger partial charge is 0.479 e. The standard InChI is InChI=1S/C29H38FN5O6S/c1-15-12-34(13-16(2)41-15)14-20(36)11-31-25(37)23-17(3)24(32-18(23)4)35-28(27(39)40,8-9-42-5)29(35)21-10-19(30)6-7-22(21)33-26(29)38/h6-7,10,15-16,20,32,36H,8-9,11-14H2,1-5H3,(H,31,37)(H,33,38)(H,39,40)/t15-,16+,20?,28-,29?,35?/m0/s1. The number of ether oxygens (including phenoxy) is 1. The van der Waals surface area contributed by atoms with Gasteiger partial charge in [-0.05, 0) is 64.3 Å². The van der Waals surface area contributed by atoms with Crippen molar-refractivity contribution in [3.05, 3.63) is 46.4 Å². The number of amides is 2. The molecule has 0 saturated carbocycles. The van der Waals surface area contributed by atoms with Crippen molar-refractivity contribution in [1.29, 1.82) is 0 Å². The van der Waals surface area contributed by atoms with Gasteiger partial charge in [0.15, 0.2) is 11.1 Å². The lowest BCUT2D eigenvalue weighted by Crippen LogP contribution is -2.49. The summed E-state index contributed by atoms with van der Waals surface area (Å²) in [4.78, 5) is 46.8. The molecule has 0 bridgehead atoms. The van der Waals surface area contributed by atoms with Crippen molar-refractivity contribution in [2.75, 3.05) is 48.4 Å². The van der Waals surface area contributed by atoms with Gasteiger partial charge in [0, 0.05) is 48.7 Å². The predicted molar refractivity (Wildman–Crippen MR) is 158 cm³/mol. The zero-order chi connectivity index (χ0) is 30.6. The first kappa shape index (κ1) is 30.3. The van der Waals surface area contributed by atoms with E-state index in [2.05, 4.69) is 20.5 Å². The molecule has 5 rings (SSSR count). The van der Waals surface area contributed by atoms with Crippen molar-refractivity contribution < 1.29 is 33.7 Å². The molecular formula is C29H38FN5O6S. The van der Waals surface area contributed by atoms with Crippen LogP contribution in [0.15, 0.2) is 18.2 Å². The zero-order valence-electron chi connectivity index (χ0n) is 24.4. The maximum Gasteiger partial charge on any atom is 0.333 e. The average Bonchev–Trinajstić information content (AvgIpc) is 3.29. The Labute approximate surface area is 248 Å². The Bertz CT molecular complexity index is 1410. The first-order valence-electron chi connectivity index (χ1n) is 14.1. The van der Waals surface area contributed by atoms with Gasteiger partial charge in [0.2, 0.25) is 0 Å². The van der Waals surface area contributed by atoms with Crippen LogP contribution >= 0.6 is 11.8 Å². The van der Waals surface area contributed by atoms with E-state index in [1.165, 1.54) is 34.9 Å². The molecule has 11 nitrogen and oxygen atoms in total. The Morgan fingerprint density at radius 3 is 2.60 bits per heavy atom. The Balaban J connectivity index is 1.43. The first-order chi connectivity index (χ1) is 19.9. The number of morpholine rings is 1. The molecular weight excluding hydrogens is 565 g/mol. The third kappa shape index (κ3) is 4.66. The summed E-state index contributed by atoms with van der Waals surface area (Å²) in [5.74, 6) is -2.04. The maximum absolute atomic E-state index is 14.5. The Hall–Kier alpha value is -3.13. The van der Waals surface area contributed by atoms with Crippen LogP contribution in [0.1, 0.15) is 47.4 Å². The number of fused-ring (bicyclic) bond motifs is 2. The number of hydrogen-bond donors (Lipinski definition) is 5. The van der Waals surface area contributed by atoms with Crippen molar-refractivity contribution >= 4 is 41.1 Å². The molecule has 2 saturated heterocycles. The Morgan fingerprint density at radius 2 is 1.95 bits per heavy atom. The summed E-state index contributed by atoms with van der Waals surface area (Å²) in [5, 5.41) is 26.8. The molecule has 0 aliphatic carbocycles. The van der Waals surface area contributed by atoms with Crippen LogP contribution in [-0.4, -0.2) is 99.9 Å². The van der Waals surface area contributed by atoms with Gasteiger partial charge in [-0.3, -0.25) is 14.5 Å². The number of aliphatic hydroxyl groups is 1. The molecule has 5 N–H and O–H groups in total. The Kier molecular flexibility index (Phi) is 8.07. The topological polar surface area (TPSA) is 147 Å². The second-order valence-electron chi connectivity index (χ2n) is 11.5. The molecule has 13 heteroatoms. The van der Waals surface area contributed by atoms with Gasteiger partial charge in [-0.25, -0.2) is 9.18 Å². The molecule has 5 atom stereocenters. The number of carboxylic acids is 1. The minimum atomic E-state index is -1.70. The fourth-order valence-corrected chi connectivity index (χ4v) is 7.45. The summed E-state index contributed by atoms with van der Waals surface area (Å²) in [6.07, 6.45) is 1.26. The number of aromatic nitrogens is 1. The number of nitrogens with one attached hydrogen (secondary N) is 3. The number of carbonyl (C=O) groups is 3. The summed E-state index contributed by atoms with van der Waals surface area (Å²) in [6, 6.07) is 3.86. The van der Waals surface area contributed by atoms with E-state index < -0.39 is 40.8 Å². The summed E-state index contributed by atoms with van der Waals surface area (Å²) >= 11 is 1.45. The van der Waals surface area contributed by atoms with Crippen LogP contribution < -0.4 is 15.5 Å². The van der Waals surface area contributed by atoms with Crippen LogP contribution in [0.3, 0.4) is 0 Å². The highest BCUT2D eigenvalue weighted by atomic mass is 32.2. The summed E-state index contributed by atoms with van der Waals surface area (Å²) < 4.78 is 20.2. The second-order valence-corrected chi connectivity index (χ2v) is 12.5. The molecule has 2 unspecified atom stereocenters. The van der Waals surface area contributed by atoms with Crippen molar-refractivity contribution in [1.82, 2.24) is 15.2 Å². The molecule has 4 heterocycles. The number of halogens is 1. The SMILES string of the molecule is CSCC[C@@]1(C(=O)O)N(c2[nH]c(C)c(C(=O)NCC(O)CN3C[C@@H](C)O[C@@H](C)C3)c2C)C12C(=O)Nc1ccc(F)cc12. The quantitative estimate of drug-likeness (QED) is 0.258. The second kappa shape index (κ2) is 11.2. The van der Waals surface area contributed by atoms with Gasteiger partial charge in [-0.15, -0.1) is 0 Å². The number of aliphatic carboxylic acids is 1.